The summed E-state index contributed by atoms with van der Waals surface area (Å²) in [5, 5.41) is 10.4. The van der Waals surface area contributed by atoms with Gasteiger partial charge >= 0.3 is 0 Å². The summed E-state index contributed by atoms with van der Waals surface area (Å²) in [6.45, 7) is 0.976. The van der Waals surface area contributed by atoms with E-state index < -0.39 is 0 Å². The van der Waals surface area contributed by atoms with E-state index in [0.717, 1.165) is 29.5 Å². The molecule has 0 bridgehead atoms. The van der Waals surface area contributed by atoms with E-state index in [1.807, 2.05) is 14.1 Å². The molecule has 0 saturated carbocycles. The van der Waals surface area contributed by atoms with Crippen LogP contribution in [-0.4, -0.2) is 30.6 Å². The van der Waals surface area contributed by atoms with Gasteiger partial charge in [0.2, 0.25) is 0 Å². The zero-order valence-corrected chi connectivity index (χ0v) is 9.03. The number of rotatable bonds is 3. The first-order chi connectivity index (χ1) is 7.16. The van der Waals surface area contributed by atoms with Crippen molar-refractivity contribution in [2.24, 2.45) is 0 Å². The maximum Gasteiger partial charge on any atom is 0.134 e. The normalized spacial score (nSPS) is 11.4. The van der Waals surface area contributed by atoms with Crippen molar-refractivity contribution in [3.63, 3.8) is 0 Å². The molecule has 1 heterocycles. The minimum Gasteiger partial charge on any atom is -0.508 e. The molecule has 0 unspecified atom stereocenters. The van der Waals surface area contributed by atoms with Gasteiger partial charge in [0.15, 0.2) is 0 Å². The Bertz CT molecular complexity index is 460. The van der Waals surface area contributed by atoms with Crippen molar-refractivity contribution in [3.05, 3.63) is 30.0 Å². The highest BCUT2D eigenvalue weighted by Gasteiger charge is 2.06. The molecule has 1 aromatic carbocycles. The summed E-state index contributed by atoms with van der Waals surface area (Å²) >= 11 is 0. The van der Waals surface area contributed by atoms with Crippen LogP contribution in [0.4, 0.5) is 0 Å². The second-order valence-electron chi connectivity index (χ2n) is 3.99. The lowest BCUT2D eigenvalue weighted by Gasteiger charge is -2.07. The van der Waals surface area contributed by atoms with Gasteiger partial charge in [0.25, 0.3) is 0 Å². The van der Waals surface area contributed by atoms with Gasteiger partial charge in [-0.25, -0.2) is 0 Å². The molecular formula is C12H15NO2. The van der Waals surface area contributed by atoms with Crippen LogP contribution in [0.3, 0.4) is 0 Å². The Kier molecular flexibility index (Phi) is 2.64. The first-order valence-corrected chi connectivity index (χ1v) is 5.00. The van der Waals surface area contributed by atoms with Crippen molar-refractivity contribution in [1.82, 2.24) is 4.90 Å². The molecule has 0 spiro atoms. The van der Waals surface area contributed by atoms with E-state index >= 15 is 0 Å². The van der Waals surface area contributed by atoms with Crippen LogP contribution in [0.5, 0.6) is 5.75 Å². The Morgan fingerprint density at radius 3 is 2.87 bits per heavy atom. The summed E-state index contributed by atoms with van der Waals surface area (Å²) in [5.41, 5.74) is 1.98. The Morgan fingerprint density at radius 2 is 2.13 bits per heavy atom. The number of hydrogen-bond acceptors (Lipinski definition) is 3. The molecule has 0 fully saturated rings. The number of hydrogen-bond donors (Lipinski definition) is 1. The summed E-state index contributed by atoms with van der Waals surface area (Å²) < 4.78 is 5.41. The monoisotopic (exact) mass is 205 g/mol. The number of phenolic OH excluding ortho intramolecular Hbond substituents is 1. The minimum absolute atomic E-state index is 0.287. The van der Waals surface area contributed by atoms with E-state index in [0.29, 0.717) is 0 Å². The summed E-state index contributed by atoms with van der Waals surface area (Å²) in [4.78, 5) is 2.13. The second-order valence-corrected chi connectivity index (χ2v) is 3.99. The van der Waals surface area contributed by atoms with Crippen molar-refractivity contribution in [1.29, 1.82) is 0 Å². The van der Waals surface area contributed by atoms with Crippen molar-refractivity contribution in [2.45, 2.75) is 6.42 Å². The summed E-state index contributed by atoms with van der Waals surface area (Å²) in [6.07, 6.45) is 2.71. The Labute approximate surface area is 88.9 Å². The number of furan rings is 1. The summed E-state index contributed by atoms with van der Waals surface area (Å²) in [7, 11) is 4.08. The molecule has 0 atom stereocenters. The lowest BCUT2D eigenvalue weighted by molar-refractivity contribution is 0.413. The number of phenols is 1. The van der Waals surface area contributed by atoms with Crippen LogP contribution in [0.1, 0.15) is 5.56 Å². The van der Waals surface area contributed by atoms with Crippen molar-refractivity contribution in [2.75, 3.05) is 20.6 Å². The Balaban J connectivity index is 2.31. The molecule has 15 heavy (non-hydrogen) atoms. The van der Waals surface area contributed by atoms with E-state index in [2.05, 4.69) is 4.90 Å². The molecule has 0 amide bonds. The van der Waals surface area contributed by atoms with Gasteiger partial charge in [-0.15, -0.1) is 0 Å². The first kappa shape index (κ1) is 10.1. The van der Waals surface area contributed by atoms with E-state index in [4.69, 9.17) is 4.42 Å². The molecule has 2 rings (SSSR count). The smallest absolute Gasteiger partial charge is 0.134 e. The highest BCUT2D eigenvalue weighted by atomic mass is 16.3. The molecule has 0 aliphatic rings. The molecule has 1 aromatic heterocycles. The molecule has 0 radical (unpaired) electrons. The zero-order valence-electron chi connectivity index (χ0n) is 9.03. The summed E-state index contributed by atoms with van der Waals surface area (Å²) in [6, 6.07) is 5.19. The van der Waals surface area contributed by atoms with Crippen molar-refractivity contribution >= 4 is 11.0 Å². The predicted molar refractivity (Wildman–Crippen MR) is 60.1 cm³/mol. The maximum absolute atomic E-state index is 9.40. The van der Waals surface area contributed by atoms with E-state index in [9.17, 15) is 5.11 Å². The molecule has 1 N–H and O–H groups in total. The van der Waals surface area contributed by atoms with E-state index in [-0.39, 0.29) is 5.75 Å². The standard InChI is InChI=1S/C12H15NO2/c1-13(2)6-5-9-8-15-12-4-3-10(14)7-11(9)12/h3-4,7-8,14H,5-6H2,1-2H3. The Morgan fingerprint density at radius 1 is 1.33 bits per heavy atom. The van der Waals surface area contributed by atoms with Crippen LogP contribution >= 0.6 is 0 Å². The van der Waals surface area contributed by atoms with Crippen LogP contribution in [0.25, 0.3) is 11.0 Å². The van der Waals surface area contributed by atoms with Crippen LogP contribution in [-0.2, 0) is 6.42 Å². The van der Waals surface area contributed by atoms with Gasteiger partial charge in [-0.3, -0.25) is 0 Å². The zero-order chi connectivity index (χ0) is 10.8. The fourth-order valence-corrected chi connectivity index (χ4v) is 1.61. The molecule has 0 aliphatic carbocycles. The SMILES string of the molecule is CN(C)CCc1coc2ccc(O)cc12. The van der Waals surface area contributed by atoms with Crippen LogP contribution in [0, 0.1) is 0 Å². The number of benzene rings is 1. The molecule has 0 aliphatic heterocycles. The molecular weight excluding hydrogens is 190 g/mol. The van der Waals surface area contributed by atoms with E-state index in [1.165, 1.54) is 0 Å². The number of aromatic hydroxyl groups is 1. The largest absolute Gasteiger partial charge is 0.508 e. The third-order valence-electron chi connectivity index (χ3n) is 2.47. The van der Waals surface area contributed by atoms with Crippen LogP contribution in [0.15, 0.2) is 28.9 Å². The van der Waals surface area contributed by atoms with E-state index in [1.54, 1.807) is 24.5 Å². The average molecular weight is 205 g/mol. The molecule has 3 heteroatoms. The first-order valence-electron chi connectivity index (χ1n) is 5.00. The molecule has 80 valence electrons. The average Bonchev–Trinajstić information content (AvgIpc) is 2.57. The topological polar surface area (TPSA) is 36.6 Å². The lowest BCUT2D eigenvalue weighted by Crippen LogP contribution is -2.14. The predicted octanol–water partition coefficient (Wildman–Crippen LogP) is 2.24. The number of nitrogens with zero attached hydrogens (tertiary/aromatic N) is 1. The second kappa shape index (κ2) is 3.95. The fourth-order valence-electron chi connectivity index (χ4n) is 1.61. The van der Waals surface area contributed by atoms with Gasteiger partial charge in [-0.05, 0) is 44.3 Å². The van der Waals surface area contributed by atoms with Crippen molar-refractivity contribution < 1.29 is 9.52 Å². The number of likely N-dealkylation sites (N-methyl/N-ethyl adjacent to an activating group) is 1. The third kappa shape index (κ3) is 2.13. The summed E-state index contributed by atoms with van der Waals surface area (Å²) in [5.74, 6) is 0.287. The van der Waals surface area contributed by atoms with Gasteiger partial charge in [-0.1, -0.05) is 0 Å². The Hall–Kier alpha value is -1.48. The molecule has 2 aromatic rings. The highest BCUT2D eigenvalue weighted by molar-refractivity contribution is 5.82. The minimum atomic E-state index is 0.287. The fraction of sp³-hybridized carbons (Fsp3) is 0.333. The van der Waals surface area contributed by atoms with Crippen LogP contribution < -0.4 is 0 Å². The quantitative estimate of drug-likeness (QED) is 0.834. The molecule has 3 nitrogen and oxygen atoms in total. The van der Waals surface area contributed by atoms with Gasteiger partial charge in [0.1, 0.15) is 11.3 Å². The molecule has 0 saturated heterocycles. The highest BCUT2D eigenvalue weighted by Crippen LogP contribution is 2.25. The van der Waals surface area contributed by atoms with Crippen molar-refractivity contribution in [3.8, 4) is 5.75 Å². The van der Waals surface area contributed by atoms with Gasteiger partial charge < -0.3 is 14.4 Å². The van der Waals surface area contributed by atoms with Gasteiger partial charge in [0.05, 0.1) is 6.26 Å². The number of fused-ring (bicyclic) bond motifs is 1. The van der Waals surface area contributed by atoms with Gasteiger partial charge in [0, 0.05) is 11.9 Å². The maximum atomic E-state index is 9.40. The third-order valence-corrected chi connectivity index (χ3v) is 2.47. The van der Waals surface area contributed by atoms with Crippen LogP contribution in [0.2, 0.25) is 0 Å². The lowest BCUT2D eigenvalue weighted by atomic mass is 10.1. The van der Waals surface area contributed by atoms with Gasteiger partial charge in [-0.2, -0.15) is 0 Å².